The summed E-state index contributed by atoms with van der Waals surface area (Å²) in [5, 5.41) is 10.2. The van der Waals surface area contributed by atoms with Gasteiger partial charge in [-0.15, -0.1) is 16.4 Å². The van der Waals surface area contributed by atoms with Gasteiger partial charge in [0, 0.05) is 23.3 Å². The van der Waals surface area contributed by atoms with Gasteiger partial charge in [-0.1, -0.05) is 42.3 Å². The molecule has 0 aliphatic carbocycles. The quantitative estimate of drug-likeness (QED) is 0.306. The summed E-state index contributed by atoms with van der Waals surface area (Å²) >= 11 is 1.51. The minimum atomic E-state index is -0.703. The number of hydrogen-bond donors (Lipinski definition) is 2. The molecule has 0 radical (unpaired) electrons. The van der Waals surface area contributed by atoms with E-state index in [1.807, 2.05) is 42.6 Å². The molecule has 0 unspecified atom stereocenters. The van der Waals surface area contributed by atoms with Crippen LogP contribution in [0.2, 0.25) is 0 Å². The number of nitrogens with zero attached hydrogens (tertiary/aromatic N) is 4. The van der Waals surface area contributed by atoms with Gasteiger partial charge in [0.25, 0.3) is 5.91 Å². The summed E-state index contributed by atoms with van der Waals surface area (Å²) in [4.78, 5) is 36.1. The van der Waals surface area contributed by atoms with Crippen molar-refractivity contribution in [3.8, 4) is 23.0 Å². The van der Waals surface area contributed by atoms with Gasteiger partial charge in [0.15, 0.2) is 11.5 Å². The molecule has 0 saturated heterocycles. The van der Waals surface area contributed by atoms with E-state index in [4.69, 9.17) is 10.2 Å². The summed E-state index contributed by atoms with van der Waals surface area (Å²) in [6, 6.07) is 15.5. The van der Waals surface area contributed by atoms with Gasteiger partial charge in [-0.3, -0.25) is 9.59 Å². The molecule has 0 aliphatic rings. The molecule has 0 saturated carbocycles. The minimum absolute atomic E-state index is 0.0465. The molecule has 0 aliphatic heterocycles. The van der Waals surface area contributed by atoms with Crippen molar-refractivity contribution in [2.75, 3.05) is 5.73 Å². The van der Waals surface area contributed by atoms with Crippen molar-refractivity contribution in [3.63, 3.8) is 0 Å². The van der Waals surface area contributed by atoms with Gasteiger partial charge in [0.05, 0.1) is 22.0 Å². The maximum Gasteiger partial charge on any atom is 0.259 e. The van der Waals surface area contributed by atoms with Gasteiger partial charge in [0.2, 0.25) is 5.43 Å². The molecule has 1 amide bonds. The van der Waals surface area contributed by atoms with Crippen molar-refractivity contribution in [1.29, 1.82) is 0 Å². The van der Waals surface area contributed by atoms with Crippen molar-refractivity contribution >= 4 is 39.7 Å². The third-order valence-corrected chi connectivity index (χ3v) is 7.12. The average Bonchev–Trinajstić information content (AvgIpc) is 3.53. The maximum absolute atomic E-state index is 14.1. The predicted molar refractivity (Wildman–Crippen MR) is 154 cm³/mol. The highest BCUT2D eigenvalue weighted by Gasteiger charge is 2.26. The maximum atomic E-state index is 14.1. The summed E-state index contributed by atoms with van der Waals surface area (Å²) in [6.07, 6.45) is 3.22. The molecule has 0 fully saturated rings. The van der Waals surface area contributed by atoms with E-state index in [0.29, 0.717) is 44.8 Å². The number of thiazole rings is 1. The van der Waals surface area contributed by atoms with Gasteiger partial charge >= 0.3 is 0 Å². The highest BCUT2D eigenvalue weighted by atomic mass is 32.1. The Morgan fingerprint density at radius 1 is 1.12 bits per heavy atom. The molecule has 4 aromatic heterocycles. The Bertz CT molecular complexity index is 2030. The lowest BCUT2D eigenvalue weighted by atomic mass is 9.97. The standard InChI is InChI=1S/C30H22N6O3S/c1-17(33-30(38)25-28(31)35-36-15-7-14-32-29(25)36)27-24(19-8-4-3-5-9-19)26(37)23-20(10-6-11-22(23)39-27)12-13-21-16-40-18(2)34-21/h3-11,14-17H,1-2H3,(H2,31,35)(H,33,38)/t17-/m0/s1. The van der Waals surface area contributed by atoms with Crippen molar-refractivity contribution in [2.45, 2.75) is 19.9 Å². The van der Waals surface area contributed by atoms with E-state index in [-0.39, 0.29) is 16.8 Å². The lowest BCUT2D eigenvalue weighted by Crippen LogP contribution is -2.28. The fourth-order valence-corrected chi connectivity index (χ4v) is 5.10. The zero-order valence-electron chi connectivity index (χ0n) is 21.5. The smallest absolute Gasteiger partial charge is 0.259 e. The predicted octanol–water partition coefficient (Wildman–Crippen LogP) is 4.74. The number of carbonyl (C=O) groups excluding carboxylic acids is 1. The summed E-state index contributed by atoms with van der Waals surface area (Å²) in [5.74, 6) is 6.00. The fourth-order valence-electron chi connectivity index (χ4n) is 4.55. The third kappa shape index (κ3) is 4.48. The number of carbonyl (C=O) groups is 1. The van der Waals surface area contributed by atoms with Crippen LogP contribution < -0.4 is 16.5 Å². The zero-order valence-corrected chi connectivity index (χ0v) is 22.3. The molecule has 40 heavy (non-hydrogen) atoms. The van der Waals surface area contributed by atoms with Crippen LogP contribution in [0.4, 0.5) is 5.82 Å². The Hall–Kier alpha value is -5.27. The topological polar surface area (TPSA) is 128 Å². The monoisotopic (exact) mass is 546 g/mol. The second kappa shape index (κ2) is 10.1. The molecule has 3 N–H and O–H groups in total. The van der Waals surface area contributed by atoms with E-state index < -0.39 is 11.9 Å². The van der Waals surface area contributed by atoms with Gasteiger partial charge < -0.3 is 15.5 Å². The lowest BCUT2D eigenvalue weighted by Gasteiger charge is -2.18. The molecule has 10 heteroatoms. The first-order valence-corrected chi connectivity index (χ1v) is 13.3. The third-order valence-electron chi connectivity index (χ3n) is 6.34. The minimum Gasteiger partial charge on any atom is -0.458 e. The molecule has 196 valence electrons. The Labute approximate surface area is 232 Å². The van der Waals surface area contributed by atoms with E-state index in [2.05, 4.69) is 32.2 Å². The van der Waals surface area contributed by atoms with Crippen molar-refractivity contribution in [1.82, 2.24) is 24.9 Å². The van der Waals surface area contributed by atoms with Crippen LogP contribution in [0.25, 0.3) is 27.7 Å². The number of nitrogens with one attached hydrogen (secondary N) is 1. The number of benzene rings is 2. The molecule has 1 atom stereocenters. The molecular weight excluding hydrogens is 524 g/mol. The summed E-state index contributed by atoms with van der Waals surface area (Å²) in [7, 11) is 0. The van der Waals surface area contributed by atoms with Gasteiger partial charge in [-0.25, -0.2) is 14.5 Å². The van der Waals surface area contributed by atoms with Crippen molar-refractivity contribution in [2.24, 2.45) is 0 Å². The SMILES string of the molecule is Cc1nc(C#Cc2cccc3oc([C@H](C)NC(=O)c4c(N)nn5cccnc45)c(-c4ccccc4)c(=O)c23)cs1. The first-order valence-electron chi connectivity index (χ1n) is 12.4. The Balaban J connectivity index is 1.48. The Morgan fingerprint density at radius 3 is 2.73 bits per heavy atom. The number of rotatable bonds is 4. The van der Waals surface area contributed by atoms with Crippen LogP contribution in [0.3, 0.4) is 0 Å². The number of anilines is 1. The number of fused-ring (bicyclic) bond motifs is 2. The summed E-state index contributed by atoms with van der Waals surface area (Å²) < 4.78 is 7.80. The second-order valence-electron chi connectivity index (χ2n) is 9.06. The first kappa shape index (κ1) is 25.0. The van der Waals surface area contributed by atoms with Crippen molar-refractivity contribution < 1.29 is 9.21 Å². The molecule has 6 rings (SSSR count). The van der Waals surface area contributed by atoms with Crippen LogP contribution in [-0.2, 0) is 0 Å². The van der Waals surface area contributed by atoms with Gasteiger partial charge in [-0.2, -0.15) is 0 Å². The van der Waals surface area contributed by atoms with Crippen LogP contribution in [0.15, 0.2) is 81.6 Å². The number of aromatic nitrogens is 4. The van der Waals surface area contributed by atoms with Crippen LogP contribution in [0, 0.1) is 18.8 Å². The number of amides is 1. The van der Waals surface area contributed by atoms with Crippen LogP contribution in [-0.4, -0.2) is 25.5 Å². The lowest BCUT2D eigenvalue weighted by molar-refractivity contribution is 0.0938. The van der Waals surface area contributed by atoms with Crippen LogP contribution >= 0.6 is 11.3 Å². The Morgan fingerprint density at radius 2 is 1.95 bits per heavy atom. The molecule has 0 bridgehead atoms. The first-order chi connectivity index (χ1) is 19.4. The summed E-state index contributed by atoms with van der Waals surface area (Å²) in [6.45, 7) is 3.66. The number of aryl methyl sites for hydroxylation is 1. The Kier molecular flexibility index (Phi) is 6.34. The number of nitrogen functional groups attached to an aromatic ring is 1. The van der Waals surface area contributed by atoms with E-state index in [1.54, 1.807) is 43.6 Å². The van der Waals surface area contributed by atoms with E-state index in [1.165, 1.54) is 15.9 Å². The normalized spacial score (nSPS) is 11.8. The van der Waals surface area contributed by atoms with E-state index in [9.17, 15) is 9.59 Å². The zero-order chi connectivity index (χ0) is 27.8. The number of hydrogen-bond acceptors (Lipinski definition) is 8. The second-order valence-corrected chi connectivity index (χ2v) is 10.1. The molecule has 9 nitrogen and oxygen atoms in total. The van der Waals surface area contributed by atoms with Crippen LogP contribution in [0.5, 0.6) is 0 Å². The molecule has 2 aromatic carbocycles. The largest absolute Gasteiger partial charge is 0.458 e. The summed E-state index contributed by atoms with van der Waals surface area (Å²) in [5.41, 5.74) is 8.80. The highest BCUT2D eigenvalue weighted by molar-refractivity contribution is 7.09. The van der Waals surface area contributed by atoms with E-state index >= 15 is 0 Å². The highest BCUT2D eigenvalue weighted by Crippen LogP contribution is 2.30. The van der Waals surface area contributed by atoms with Crippen LogP contribution in [0.1, 0.15) is 45.3 Å². The molecular formula is C30H22N6O3S. The average molecular weight is 547 g/mol. The van der Waals surface area contributed by atoms with Crippen molar-refractivity contribution in [3.05, 3.63) is 110 Å². The number of nitrogens with two attached hydrogens (primary N) is 1. The van der Waals surface area contributed by atoms with E-state index in [0.717, 1.165) is 5.01 Å². The fraction of sp³-hybridized carbons (Fsp3) is 0.100. The molecule has 4 heterocycles. The molecule has 6 aromatic rings. The van der Waals surface area contributed by atoms with Gasteiger partial charge in [0.1, 0.15) is 22.6 Å². The molecule has 0 spiro atoms. The van der Waals surface area contributed by atoms with Gasteiger partial charge in [-0.05, 0) is 43.5 Å².